The Morgan fingerprint density at radius 1 is 0.905 bits per heavy atom. The number of rotatable bonds is 9. The maximum absolute atomic E-state index is 12.0. The molecule has 0 bridgehead atoms. The fourth-order valence-corrected chi connectivity index (χ4v) is 5.56. The number of aliphatic hydroxyl groups excluding tert-OH is 2. The van der Waals surface area contributed by atoms with E-state index in [1.807, 2.05) is 36.4 Å². The van der Waals surface area contributed by atoms with Gasteiger partial charge in [0.1, 0.15) is 6.61 Å². The molecule has 0 aliphatic carbocycles. The minimum Gasteiger partial charge on any atom is -0.469 e. The van der Waals surface area contributed by atoms with Gasteiger partial charge < -0.3 is 19.7 Å². The van der Waals surface area contributed by atoms with E-state index in [2.05, 4.69) is 45.9 Å². The van der Waals surface area contributed by atoms with Crippen molar-refractivity contribution in [2.75, 3.05) is 53.6 Å². The molecule has 8 heteroatoms. The zero-order chi connectivity index (χ0) is 30.2. The van der Waals surface area contributed by atoms with Gasteiger partial charge in [-0.1, -0.05) is 72.5 Å². The first-order valence-corrected chi connectivity index (χ1v) is 14.6. The highest BCUT2D eigenvalue weighted by Crippen LogP contribution is 2.29. The van der Waals surface area contributed by atoms with Crippen LogP contribution in [0.15, 0.2) is 71.8 Å². The van der Waals surface area contributed by atoms with E-state index in [0.717, 1.165) is 57.6 Å². The molecule has 0 saturated carbocycles. The number of carbonyl (C=O) groups excluding carboxylic acids is 2. The van der Waals surface area contributed by atoms with Crippen molar-refractivity contribution in [2.45, 2.75) is 38.8 Å². The predicted octanol–water partition coefficient (Wildman–Crippen LogP) is 3.43. The Kier molecular flexibility index (Phi) is 14.3. The SMILES string of the molecule is COC(=O)C1=C(C#CCO)CCN(Cc2ccccc2)C1.COC(=O)C1CN(Cc2ccccc2)CCC1CCCO. The summed E-state index contributed by atoms with van der Waals surface area (Å²) in [5.41, 5.74) is 3.86. The number of hydrogen-bond donors (Lipinski definition) is 2. The van der Waals surface area contributed by atoms with Crippen molar-refractivity contribution in [1.82, 2.24) is 9.80 Å². The van der Waals surface area contributed by atoms with Crippen LogP contribution in [0, 0.1) is 23.7 Å². The molecule has 42 heavy (non-hydrogen) atoms. The Balaban J connectivity index is 0.000000230. The second kappa shape index (κ2) is 18.1. The molecule has 2 heterocycles. The van der Waals surface area contributed by atoms with Crippen molar-refractivity contribution in [3.05, 3.63) is 82.9 Å². The van der Waals surface area contributed by atoms with Crippen molar-refractivity contribution < 1.29 is 29.3 Å². The lowest BCUT2D eigenvalue weighted by molar-refractivity contribution is -0.150. The predicted molar refractivity (Wildman–Crippen MR) is 162 cm³/mol. The highest BCUT2D eigenvalue weighted by molar-refractivity contribution is 5.91. The maximum atomic E-state index is 12.0. The Morgan fingerprint density at radius 3 is 2.12 bits per heavy atom. The third kappa shape index (κ3) is 10.4. The van der Waals surface area contributed by atoms with Gasteiger partial charge in [-0.25, -0.2) is 4.79 Å². The van der Waals surface area contributed by atoms with Crippen LogP contribution in [0.4, 0.5) is 0 Å². The lowest BCUT2D eigenvalue weighted by atomic mass is 9.82. The molecule has 2 N–H and O–H groups in total. The molecule has 2 unspecified atom stereocenters. The van der Waals surface area contributed by atoms with Gasteiger partial charge in [0.05, 0.1) is 25.7 Å². The number of ether oxygens (including phenoxy) is 2. The Hall–Kier alpha value is -3.48. The van der Waals surface area contributed by atoms with Crippen LogP contribution in [0.3, 0.4) is 0 Å². The third-order valence-corrected chi connectivity index (χ3v) is 7.75. The molecule has 1 saturated heterocycles. The molecular formula is C34H44N2O6. The van der Waals surface area contributed by atoms with E-state index < -0.39 is 0 Å². The molecule has 2 aliphatic heterocycles. The number of aliphatic hydroxyl groups is 2. The average Bonchev–Trinajstić information content (AvgIpc) is 3.04. The molecule has 8 nitrogen and oxygen atoms in total. The molecule has 0 amide bonds. The monoisotopic (exact) mass is 576 g/mol. The van der Waals surface area contributed by atoms with Gasteiger partial charge in [0.25, 0.3) is 0 Å². The van der Waals surface area contributed by atoms with Crippen molar-refractivity contribution in [3.8, 4) is 11.8 Å². The number of nitrogens with zero attached hydrogens (tertiary/aromatic N) is 2. The molecule has 0 radical (unpaired) electrons. The van der Waals surface area contributed by atoms with E-state index in [9.17, 15) is 9.59 Å². The molecule has 2 aromatic rings. The smallest absolute Gasteiger partial charge is 0.335 e. The van der Waals surface area contributed by atoms with Crippen molar-refractivity contribution in [1.29, 1.82) is 0 Å². The first-order valence-electron chi connectivity index (χ1n) is 14.6. The van der Waals surface area contributed by atoms with Gasteiger partial charge in [0.15, 0.2) is 0 Å². The summed E-state index contributed by atoms with van der Waals surface area (Å²) >= 11 is 0. The van der Waals surface area contributed by atoms with E-state index in [0.29, 0.717) is 24.5 Å². The largest absolute Gasteiger partial charge is 0.469 e. The molecule has 2 aliphatic rings. The molecule has 226 valence electrons. The average molecular weight is 577 g/mol. The van der Waals surface area contributed by atoms with Crippen molar-refractivity contribution >= 4 is 11.9 Å². The Morgan fingerprint density at radius 2 is 1.55 bits per heavy atom. The van der Waals surface area contributed by atoms with Gasteiger partial charge in [-0.3, -0.25) is 14.6 Å². The standard InChI is InChI=1S/C17H25NO3.C17H19NO3/c2*1-21-17(20)16-13-18(10-9-15(16)8-5-11-19)12-14-6-3-2-4-7-14/h2-4,6-7,15-16,19H,5,8-13H2,1H3;2-4,6-7,19H,9-13H2,1H3. The number of esters is 2. The van der Waals surface area contributed by atoms with E-state index in [1.165, 1.54) is 25.3 Å². The van der Waals surface area contributed by atoms with E-state index in [-0.39, 0.29) is 31.1 Å². The molecule has 2 aromatic carbocycles. The van der Waals surface area contributed by atoms with Crippen LogP contribution in [-0.4, -0.2) is 85.6 Å². The van der Waals surface area contributed by atoms with E-state index >= 15 is 0 Å². The van der Waals surface area contributed by atoms with Crippen LogP contribution in [0.25, 0.3) is 0 Å². The van der Waals surface area contributed by atoms with Crippen LogP contribution in [-0.2, 0) is 32.2 Å². The van der Waals surface area contributed by atoms with Crippen molar-refractivity contribution in [2.24, 2.45) is 11.8 Å². The molecule has 4 rings (SSSR count). The lowest BCUT2D eigenvalue weighted by Gasteiger charge is -2.37. The minimum absolute atomic E-state index is 0.0704. The highest BCUT2D eigenvalue weighted by atomic mass is 16.5. The normalized spacial score (nSPS) is 19.1. The maximum Gasteiger partial charge on any atom is 0.335 e. The van der Waals surface area contributed by atoms with Gasteiger partial charge in [0.2, 0.25) is 0 Å². The summed E-state index contributed by atoms with van der Waals surface area (Å²) in [7, 11) is 2.84. The number of hydrogen-bond acceptors (Lipinski definition) is 8. The first kappa shape index (κ1) is 33.0. The summed E-state index contributed by atoms with van der Waals surface area (Å²) in [4.78, 5) is 28.5. The summed E-state index contributed by atoms with van der Waals surface area (Å²) in [6.45, 7) is 4.77. The van der Waals surface area contributed by atoms with Crippen LogP contribution in [0.2, 0.25) is 0 Å². The summed E-state index contributed by atoms with van der Waals surface area (Å²) < 4.78 is 9.82. The van der Waals surface area contributed by atoms with Gasteiger partial charge in [-0.15, -0.1) is 0 Å². The minimum atomic E-state index is -0.338. The summed E-state index contributed by atoms with van der Waals surface area (Å²) in [6, 6.07) is 20.5. The van der Waals surface area contributed by atoms with Crippen LogP contribution < -0.4 is 0 Å². The van der Waals surface area contributed by atoms with Gasteiger partial charge in [-0.2, -0.15) is 0 Å². The first-order chi connectivity index (χ1) is 20.5. The van der Waals surface area contributed by atoms with Crippen molar-refractivity contribution in [3.63, 3.8) is 0 Å². The molecule has 1 fully saturated rings. The molecule has 0 aromatic heterocycles. The van der Waals surface area contributed by atoms with Crippen LogP contribution in [0.5, 0.6) is 0 Å². The van der Waals surface area contributed by atoms with E-state index in [4.69, 9.17) is 19.7 Å². The van der Waals surface area contributed by atoms with Gasteiger partial charge >= 0.3 is 11.9 Å². The topological polar surface area (TPSA) is 99.5 Å². The second-order valence-corrected chi connectivity index (χ2v) is 10.6. The number of likely N-dealkylation sites (tertiary alicyclic amines) is 1. The quantitative estimate of drug-likeness (QED) is 0.346. The molecular weight excluding hydrogens is 532 g/mol. The van der Waals surface area contributed by atoms with E-state index in [1.54, 1.807) is 0 Å². The zero-order valence-electron chi connectivity index (χ0n) is 24.8. The molecule has 0 spiro atoms. The molecule has 2 atom stereocenters. The summed E-state index contributed by atoms with van der Waals surface area (Å²) in [5, 5.41) is 17.8. The van der Waals surface area contributed by atoms with Gasteiger partial charge in [-0.05, 0) is 49.3 Å². The summed E-state index contributed by atoms with van der Waals surface area (Å²) in [6.07, 6.45) is 3.35. The number of methoxy groups -OCH3 is 2. The van der Waals surface area contributed by atoms with Gasteiger partial charge in [0, 0.05) is 44.9 Å². The third-order valence-electron chi connectivity index (χ3n) is 7.75. The Bertz CT molecular complexity index is 1200. The fraction of sp³-hybridized carbons (Fsp3) is 0.471. The number of piperidine rings is 1. The highest BCUT2D eigenvalue weighted by Gasteiger charge is 2.34. The second-order valence-electron chi connectivity index (χ2n) is 10.6. The number of carbonyl (C=O) groups is 2. The fourth-order valence-electron chi connectivity index (χ4n) is 5.56. The van der Waals surface area contributed by atoms with Crippen LogP contribution in [0.1, 0.15) is 36.8 Å². The van der Waals surface area contributed by atoms with Crippen LogP contribution >= 0.6 is 0 Å². The zero-order valence-corrected chi connectivity index (χ0v) is 24.8. The Labute approximate surface area is 249 Å². The lowest BCUT2D eigenvalue weighted by Crippen LogP contribution is -2.44. The number of benzene rings is 2. The summed E-state index contributed by atoms with van der Waals surface area (Å²) in [5.74, 6) is 5.29.